The fourth-order valence-corrected chi connectivity index (χ4v) is 4.22. The van der Waals surface area contributed by atoms with E-state index in [1.165, 1.54) is 0 Å². The second kappa shape index (κ2) is 10.5. The molecular weight excluding hydrogens is 439 g/mol. The number of amides is 2. The van der Waals surface area contributed by atoms with Gasteiger partial charge >= 0.3 is 12.1 Å². The number of aliphatic carboxylic acids is 1. The summed E-state index contributed by atoms with van der Waals surface area (Å²) in [5.74, 6) is -2.39. The molecular formula is C23H24F3N3O4. The van der Waals surface area contributed by atoms with Crippen molar-refractivity contribution in [3.63, 3.8) is 0 Å². The molecule has 0 spiro atoms. The number of alkyl halides is 3. The summed E-state index contributed by atoms with van der Waals surface area (Å²) in [6.07, 6.45) is 1.01. The summed E-state index contributed by atoms with van der Waals surface area (Å²) >= 11 is 0. The van der Waals surface area contributed by atoms with E-state index in [-0.39, 0.29) is 23.9 Å². The van der Waals surface area contributed by atoms with Crippen molar-refractivity contribution < 1.29 is 32.7 Å². The number of likely N-dealkylation sites (tertiary alicyclic amines) is 2. The van der Waals surface area contributed by atoms with Crippen LogP contribution in [-0.2, 0) is 27.3 Å². The lowest BCUT2D eigenvalue weighted by Crippen LogP contribution is -2.53. The second-order valence-corrected chi connectivity index (χ2v) is 7.89. The first-order chi connectivity index (χ1) is 15.7. The lowest BCUT2D eigenvalue weighted by atomic mass is 9.95. The van der Waals surface area contributed by atoms with Gasteiger partial charge in [0.1, 0.15) is 0 Å². The number of rotatable bonds is 4. The molecule has 2 fully saturated rings. The van der Waals surface area contributed by atoms with E-state index in [4.69, 9.17) is 9.90 Å². The predicted molar refractivity (Wildman–Crippen MR) is 112 cm³/mol. The number of carboxylic acids is 1. The van der Waals surface area contributed by atoms with E-state index >= 15 is 0 Å². The van der Waals surface area contributed by atoms with Gasteiger partial charge in [-0.25, -0.2) is 4.79 Å². The minimum Gasteiger partial charge on any atom is -0.475 e. The van der Waals surface area contributed by atoms with E-state index in [9.17, 15) is 22.8 Å². The van der Waals surface area contributed by atoms with Gasteiger partial charge in [0.2, 0.25) is 11.8 Å². The summed E-state index contributed by atoms with van der Waals surface area (Å²) in [4.78, 5) is 42.3. The van der Waals surface area contributed by atoms with Crippen LogP contribution in [-0.4, -0.2) is 62.5 Å². The Morgan fingerprint density at radius 1 is 1.00 bits per heavy atom. The molecule has 2 aliphatic heterocycles. The first kappa shape index (κ1) is 24.2. The minimum atomic E-state index is -5.08. The molecule has 2 atom stereocenters. The number of hydrogen-bond acceptors (Lipinski definition) is 4. The van der Waals surface area contributed by atoms with E-state index in [1.807, 2.05) is 52.3 Å². The van der Waals surface area contributed by atoms with E-state index in [1.54, 1.807) is 12.4 Å². The molecule has 0 radical (unpaired) electrons. The van der Waals surface area contributed by atoms with Gasteiger partial charge in [-0.3, -0.25) is 14.6 Å². The van der Waals surface area contributed by atoms with Crippen molar-refractivity contribution in [2.75, 3.05) is 6.54 Å². The van der Waals surface area contributed by atoms with Crippen molar-refractivity contribution in [1.29, 1.82) is 0 Å². The van der Waals surface area contributed by atoms with Crippen LogP contribution in [0.5, 0.6) is 0 Å². The zero-order chi connectivity index (χ0) is 24.0. The molecule has 4 rings (SSSR count). The third-order valence-corrected chi connectivity index (χ3v) is 5.75. The minimum absolute atomic E-state index is 0.129. The zero-order valence-electron chi connectivity index (χ0n) is 17.7. The SMILES string of the molecule is O=C(Cc1ccccc1)N1CC[C@H]2[C@@H]1CCC(=O)N2Cc1ccncc1.O=C(O)C(F)(F)F. The van der Waals surface area contributed by atoms with Gasteiger partial charge < -0.3 is 14.9 Å². The summed E-state index contributed by atoms with van der Waals surface area (Å²) in [5.41, 5.74) is 2.13. The number of aromatic nitrogens is 1. The Morgan fingerprint density at radius 2 is 1.64 bits per heavy atom. The molecule has 0 bridgehead atoms. The standard InChI is InChI=1S/C21H23N3O2.C2HF3O2/c25-20-7-6-18-19(24(20)15-17-8-11-22-12-9-17)10-13-23(18)21(26)14-16-4-2-1-3-5-16;3-2(4,5)1(6)7/h1-5,8-9,11-12,18-19H,6-7,10,13-15H2;(H,6,7)/t18-,19-;/m0./s1. The Bertz CT molecular complexity index is 970. The molecule has 2 saturated heterocycles. The molecule has 0 saturated carbocycles. The molecule has 1 N–H and O–H groups in total. The molecule has 7 nitrogen and oxygen atoms in total. The fraction of sp³-hybridized carbons (Fsp3) is 0.391. The number of nitrogens with zero attached hydrogens (tertiary/aromatic N) is 3. The topological polar surface area (TPSA) is 90.8 Å². The molecule has 0 aliphatic carbocycles. The van der Waals surface area contributed by atoms with Gasteiger partial charge in [0.25, 0.3) is 0 Å². The van der Waals surface area contributed by atoms with Crippen LogP contribution in [0.25, 0.3) is 0 Å². The van der Waals surface area contributed by atoms with E-state index in [0.717, 1.165) is 30.5 Å². The van der Waals surface area contributed by atoms with Crippen molar-refractivity contribution in [2.24, 2.45) is 0 Å². The van der Waals surface area contributed by atoms with Crippen LogP contribution in [0, 0.1) is 0 Å². The maximum Gasteiger partial charge on any atom is 0.490 e. The highest BCUT2D eigenvalue weighted by atomic mass is 19.4. The van der Waals surface area contributed by atoms with Gasteiger partial charge in [-0.2, -0.15) is 13.2 Å². The Balaban J connectivity index is 0.000000383. The third-order valence-electron chi connectivity index (χ3n) is 5.75. The second-order valence-electron chi connectivity index (χ2n) is 7.89. The molecule has 176 valence electrons. The smallest absolute Gasteiger partial charge is 0.475 e. The van der Waals surface area contributed by atoms with Gasteiger partial charge in [-0.15, -0.1) is 0 Å². The summed E-state index contributed by atoms with van der Waals surface area (Å²) in [6.45, 7) is 1.34. The van der Waals surface area contributed by atoms with Crippen LogP contribution < -0.4 is 0 Å². The Hall–Kier alpha value is -3.43. The van der Waals surface area contributed by atoms with E-state index in [0.29, 0.717) is 19.4 Å². The van der Waals surface area contributed by atoms with Gasteiger partial charge in [0.15, 0.2) is 0 Å². The molecule has 3 heterocycles. The van der Waals surface area contributed by atoms with Gasteiger partial charge in [0, 0.05) is 31.9 Å². The van der Waals surface area contributed by atoms with E-state index < -0.39 is 12.1 Å². The van der Waals surface area contributed by atoms with Crippen LogP contribution >= 0.6 is 0 Å². The molecule has 2 aromatic rings. The van der Waals surface area contributed by atoms with Crippen molar-refractivity contribution in [3.05, 3.63) is 66.0 Å². The van der Waals surface area contributed by atoms with Crippen LogP contribution in [0.4, 0.5) is 13.2 Å². The number of fused-ring (bicyclic) bond motifs is 1. The van der Waals surface area contributed by atoms with Crippen LogP contribution in [0.15, 0.2) is 54.9 Å². The predicted octanol–water partition coefficient (Wildman–Crippen LogP) is 3.05. The number of piperidine rings is 1. The molecule has 0 unspecified atom stereocenters. The molecule has 2 aliphatic rings. The average Bonchev–Trinajstić information content (AvgIpc) is 3.21. The normalized spacial score (nSPS) is 20.0. The first-order valence-electron chi connectivity index (χ1n) is 10.5. The lowest BCUT2D eigenvalue weighted by Gasteiger charge is -2.39. The van der Waals surface area contributed by atoms with Crippen molar-refractivity contribution in [1.82, 2.24) is 14.8 Å². The molecule has 10 heteroatoms. The number of carboxylic acid groups (broad SMARTS) is 1. The number of halogens is 3. The summed E-state index contributed by atoms with van der Waals surface area (Å²) in [7, 11) is 0. The lowest BCUT2D eigenvalue weighted by molar-refractivity contribution is -0.192. The molecule has 1 aromatic heterocycles. The molecule has 1 aromatic carbocycles. The van der Waals surface area contributed by atoms with E-state index in [2.05, 4.69) is 4.98 Å². The number of carbonyl (C=O) groups excluding carboxylic acids is 2. The number of pyridine rings is 1. The monoisotopic (exact) mass is 463 g/mol. The van der Waals surface area contributed by atoms with Gasteiger partial charge in [-0.05, 0) is 36.1 Å². The van der Waals surface area contributed by atoms with Crippen LogP contribution in [0.2, 0.25) is 0 Å². The van der Waals surface area contributed by atoms with Crippen molar-refractivity contribution >= 4 is 17.8 Å². The van der Waals surface area contributed by atoms with Crippen molar-refractivity contribution in [3.8, 4) is 0 Å². The summed E-state index contributed by atoms with van der Waals surface area (Å²) in [6, 6.07) is 14.0. The number of hydrogen-bond donors (Lipinski definition) is 1. The average molecular weight is 463 g/mol. The summed E-state index contributed by atoms with van der Waals surface area (Å²) in [5, 5.41) is 7.12. The largest absolute Gasteiger partial charge is 0.490 e. The maximum atomic E-state index is 12.8. The number of carbonyl (C=O) groups is 3. The number of benzene rings is 1. The fourth-order valence-electron chi connectivity index (χ4n) is 4.22. The van der Waals surface area contributed by atoms with Crippen LogP contribution in [0.3, 0.4) is 0 Å². The third kappa shape index (κ3) is 6.30. The van der Waals surface area contributed by atoms with Gasteiger partial charge in [-0.1, -0.05) is 30.3 Å². The Labute approximate surface area is 188 Å². The Kier molecular flexibility index (Phi) is 7.67. The van der Waals surface area contributed by atoms with Gasteiger partial charge in [0.05, 0.1) is 18.5 Å². The molecule has 33 heavy (non-hydrogen) atoms. The highest BCUT2D eigenvalue weighted by molar-refractivity contribution is 5.81. The zero-order valence-corrected chi connectivity index (χ0v) is 17.7. The highest BCUT2D eigenvalue weighted by Crippen LogP contribution is 2.32. The first-order valence-corrected chi connectivity index (χ1v) is 10.5. The summed E-state index contributed by atoms with van der Waals surface area (Å²) < 4.78 is 31.7. The Morgan fingerprint density at radius 3 is 2.24 bits per heavy atom. The van der Waals surface area contributed by atoms with Crippen molar-refractivity contribution in [2.45, 2.75) is 50.5 Å². The quantitative estimate of drug-likeness (QED) is 0.753. The maximum absolute atomic E-state index is 12.8. The molecule has 2 amide bonds. The van der Waals surface area contributed by atoms with Crippen LogP contribution in [0.1, 0.15) is 30.4 Å². The highest BCUT2D eigenvalue weighted by Gasteiger charge is 2.44.